The molecule has 0 bridgehead atoms. The van der Waals surface area contributed by atoms with Crippen LogP contribution >= 0.6 is 0 Å². The Bertz CT molecular complexity index is 1390. The Labute approximate surface area is 223 Å². The molecule has 0 radical (unpaired) electrons. The Kier molecular flexibility index (Phi) is 8.53. The van der Waals surface area contributed by atoms with E-state index < -0.39 is 16.1 Å². The molecule has 1 aliphatic heterocycles. The number of piperidine rings is 1. The molecule has 2 N–H and O–H groups in total. The van der Waals surface area contributed by atoms with Crippen LogP contribution in [0.25, 0.3) is 10.8 Å². The van der Waals surface area contributed by atoms with Crippen LogP contribution in [0, 0.1) is 0 Å². The molecule has 1 fully saturated rings. The lowest BCUT2D eigenvalue weighted by molar-refractivity contribution is -0.128. The van der Waals surface area contributed by atoms with Crippen LogP contribution in [0.15, 0.2) is 65.6 Å². The van der Waals surface area contributed by atoms with Gasteiger partial charge in [0.05, 0.1) is 19.1 Å². The summed E-state index contributed by atoms with van der Waals surface area (Å²) in [4.78, 5) is 25.3. The fourth-order valence-corrected chi connectivity index (χ4v) is 6.46. The number of sulfonamides is 1. The van der Waals surface area contributed by atoms with Crippen molar-refractivity contribution in [3.05, 3.63) is 66.2 Å². The molecular formula is C28H33N3O6S. The molecule has 202 valence electrons. The molecule has 2 amide bonds. The van der Waals surface area contributed by atoms with Gasteiger partial charge in [0.2, 0.25) is 21.8 Å². The largest absolute Gasteiger partial charge is 0.497 e. The summed E-state index contributed by atoms with van der Waals surface area (Å²) in [5, 5.41) is 7.29. The summed E-state index contributed by atoms with van der Waals surface area (Å²) in [6.45, 7) is 1.94. The van der Waals surface area contributed by atoms with Gasteiger partial charge in [0, 0.05) is 43.9 Å². The lowest BCUT2D eigenvalue weighted by atomic mass is 10.0. The first-order chi connectivity index (χ1) is 18.2. The minimum atomic E-state index is -3.69. The highest BCUT2D eigenvalue weighted by Gasteiger charge is 2.32. The molecule has 0 aliphatic carbocycles. The van der Waals surface area contributed by atoms with E-state index >= 15 is 0 Å². The smallest absolute Gasteiger partial charge is 0.243 e. The normalized spacial score (nSPS) is 15.6. The van der Waals surface area contributed by atoms with E-state index in [0.717, 1.165) is 10.9 Å². The van der Waals surface area contributed by atoms with Crippen molar-refractivity contribution < 1.29 is 27.5 Å². The van der Waals surface area contributed by atoms with E-state index in [0.29, 0.717) is 29.7 Å². The van der Waals surface area contributed by atoms with E-state index in [1.165, 1.54) is 11.2 Å². The second kappa shape index (κ2) is 11.8. The van der Waals surface area contributed by atoms with Gasteiger partial charge in [0.1, 0.15) is 17.5 Å². The van der Waals surface area contributed by atoms with Crippen molar-refractivity contribution in [3.8, 4) is 11.5 Å². The van der Waals surface area contributed by atoms with Gasteiger partial charge in [-0.2, -0.15) is 4.31 Å². The number of hydrogen-bond donors (Lipinski definition) is 2. The van der Waals surface area contributed by atoms with Crippen molar-refractivity contribution in [2.24, 2.45) is 0 Å². The van der Waals surface area contributed by atoms with Crippen LogP contribution in [0.2, 0.25) is 0 Å². The molecule has 1 saturated heterocycles. The summed E-state index contributed by atoms with van der Waals surface area (Å²) >= 11 is 0. The number of methoxy groups -OCH3 is 2. The van der Waals surface area contributed by atoms with Gasteiger partial charge >= 0.3 is 0 Å². The van der Waals surface area contributed by atoms with Crippen LogP contribution in [0.1, 0.15) is 25.3 Å². The van der Waals surface area contributed by atoms with E-state index in [1.54, 1.807) is 44.6 Å². The number of hydrogen-bond acceptors (Lipinski definition) is 6. The van der Waals surface area contributed by atoms with Crippen molar-refractivity contribution in [1.82, 2.24) is 14.9 Å². The third kappa shape index (κ3) is 6.25. The first-order valence-electron chi connectivity index (χ1n) is 12.5. The van der Waals surface area contributed by atoms with Gasteiger partial charge < -0.3 is 20.1 Å². The average Bonchev–Trinajstić information content (AvgIpc) is 2.92. The molecule has 10 heteroatoms. The van der Waals surface area contributed by atoms with Crippen molar-refractivity contribution in [3.63, 3.8) is 0 Å². The zero-order valence-electron chi connectivity index (χ0n) is 21.8. The van der Waals surface area contributed by atoms with Gasteiger partial charge in [0.15, 0.2) is 0 Å². The maximum atomic E-state index is 13.4. The van der Waals surface area contributed by atoms with E-state index in [4.69, 9.17) is 9.47 Å². The van der Waals surface area contributed by atoms with E-state index in [2.05, 4.69) is 10.6 Å². The first kappa shape index (κ1) is 27.4. The molecule has 0 aromatic heterocycles. The Morgan fingerprint density at radius 1 is 0.974 bits per heavy atom. The standard InChI is InChI=1S/C28H33N3O6S/c1-19(32)29-26(17-20-15-23(36-2)18-24(16-20)37-3)28(33)30-22-11-13-31(14-12-22)38(34,35)27-10-6-8-21-7-4-5-9-25(21)27/h4-10,15-16,18,22,26H,11-14,17H2,1-3H3,(H,29,32)(H,30,33). The third-order valence-corrected chi connectivity index (χ3v) is 8.67. The number of amides is 2. The summed E-state index contributed by atoms with van der Waals surface area (Å²) in [5.74, 6) is 0.524. The quantitative estimate of drug-likeness (QED) is 0.432. The van der Waals surface area contributed by atoms with Crippen LogP contribution in [0.4, 0.5) is 0 Å². The number of nitrogens with zero attached hydrogens (tertiary/aromatic N) is 1. The molecule has 9 nitrogen and oxygen atoms in total. The summed E-state index contributed by atoms with van der Waals surface area (Å²) in [5.41, 5.74) is 0.770. The average molecular weight is 540 g/mol. The molecule has 0 saturated carbocycles. The number of fused-ring (bicyclic) bond motifs is 1. The van der Waals surface area contributed by atoms with Crippen LogP contribution in [-0.2, 0) is 26.0 Å². The van der Waals surface area contributed by atoms with Gasteiger partial charge in [0.25, 0.3) is 0 Å². The van der Waals surface area contributed by atoms with Crippen LogP contribution in [0.3, 0.4) is 0 Å². The van der Waals surface area contributed by atoms with Crippen molar-refractivity contribution >= 4 is 32.6 Å². The molecule has 0 spiro atoms. The molecule has 1 atom stereocenters. The summed E-state index contributed by atoms with van der Waals surface area (Å²) in [7, 11) is -0.597. The second-order valence-electron chi connectivity index (χ2n) is 9.34. The van der Waals surface area contributed by atoms with E-state index in [9.17, 15) is 18.0 Å². The van der Waals surface area contributed by atoms with Gasteiger partial charge in [-0.1, -0.05) is 36.4 Å². The fourth-order valence-electron chi connectivity index (χ4n) is 4.78. The van der Waals surface area contributed by atoms with Crippen molar-refractivity contribution in [2.45, 2.75) is 43.2 Å². The van der Waals surface area contributed by atoms with Crippen molar-refractivity contribution in [1.29, 1.82) is 0 Å². The highest BCUT2D eigenvalue weighted by molar-refractivity contribution is 7.89. The molecule has 1 heterocycles. The molecule has 1 unspecified atom stereocenters. The van der Waals surface area contributed by atoms with E-state index in [-0.39, 0.29) is 42.3 Å². The van der Waals surface area contributed by atoms with Gasteiger partial charge in [-0.25, -0.2) is 8.42 Å². The molecule has 38 heavy (non-hydrogen) atoms. The Hall–Kier alpha value is -3.63. The highest BCUT2D eigenvalue weighted by Crippen LogP contribution is 2.28. The van der Waals surface area contributed by atoms with Gasteiger partial charge in [-0.3, -0.25) is 9.59 Å². The van der Waals surface area contributed by atoms with Gasteiger partial charge in [-0.05, 0) is 42.0 Å². The SMILES string of the molecule is COc1cc(CC(NC(C)=O)C(=O)NC2CCN(S(=O)(=O)c3cccc4ccccc34)CC2)cc(OC)c1. The lowest BCUT2D eigenvalue weighted by Gasteiger charge is -2.32. The van der Waals surface area contributed by atoms with E-state index in [1.807, 2.05) is 30.3 Å². The van der Waals surface area contributed by atoms with Crippen LogP contribution < -0.4 is 20.1 Å². The number of ether oxygens (including phenoxy) is 2. The Balaban J connectivity index is 1.42. The fraction of sp³-hybridized carbons (Fsp3) is 0.357. The number of carbonyl (C=O) groups is 2. The number of rotatable bonds is 9. The maximum Gasteiger partial charge on any atom is 0.243 e. The predicted octanol–water partition coefficient (Wildman–Crippen LogP) is 2.87. The second-order valence-corrected chi connectivity index (χ2v) is 11.2. The lowest BCUT2D eigenvalue weighted by Crippen LogP contribution is -2.53. The molecule has 3 aromatic rings. The van der Waals surface area contributed by atoms with Crippen molar-refractivity contribution in [2.75, 3.05) is 27.3 Å². The van der Waals surface area contributed by atoms with Crippen LogP contribution in [0.5, 0.6) is 11.5 Å². The zero-order valence-corrected chi connectivity index (χ0v) is 22.6. The number of nitrogens with one attached hydrogen (secondary N) is 2. The highest BCUT2D eigenvalue weighted by atomic mass is 32.2. The third-order valence-electron chi connectivity index (χ3n) is 6.71. The Morgan fingerprint density at radius 3 is 2.24 bits per heavy atom. The monoisotopic (exact) mass is 539 g/mol. The first-order valence-corrected chi connectivity index (χ1v) is 13.9. The summed E-state index contributed by atoms with van der Waals surface area (Å²) in [6.07, 6.45) is 1.18. The predicted molar refractivity (Wildman–Crippen MR) is 145 cm³/mol. The summed E-state index contributed by atoms with van der Waals surface area (Å²) in [6, 6.07) is 17.0. The minimum absolute atomic E-state index is 0.211. The molecule has 1 aliphatic rings. The Morgan fingerprint density at radius 2 is 1.61 bits per heavy atom. The minimum Gasteiger partial charge on any atom is -0.497 e. The van der Waals surface area contributed by atoms with Gasteiger partial charge in [-0.15, -0.1) is 0 Å². The number of benzene rings is 3. The maximum absolute atomic E-state index is 13.4. The molecule has 3 aromatic carbocycles. The summed E-state index contributed by atoms with van der Waals surface area (Å²) < 4.78 is 39.0. The molecule has 4 rings (SSSR count). The zero-order chi connectivity index (χ0) is 27.3. The topological polar surface area (TPSA) is 114 Å². The van der Waals surface area contributed by atoms with Crippen LogP contribution in [-0.4, -0.2) is 63.9 Å². The number of carbonyl (C=O) groups excluding carboxylic acids is 2. The molecular weight excluding hydrogens is 506 g/mol.